The zero-order chi connectivity index (χ0) is 10.0. The third kappa shape index (κ3) is 3.24. The molecule has 4 nitrogen and oxygen atoms in total. The van der Waals surface area contributed by atoms with E-state index in [0.29, 0.717) is 6.54 Å². The van der Waals surface area contributed by atoms with Gasteiger partial charge in [-0.1, -0.05) is 0 Å². The van der Waals surface area contributed by atoms with Gasteiger partial charge in [0.2, 0.25) is 5.91 Å². The van der Waals surface area contributed by atoms with E-state index in [1.165, 1.54) is 0 Å². The van der Waals surface area contributed by atoms with Gasteiger partial charge in [0.25, 0.3) is 0 Å². The minimum absolute atomic E-state index is 0. The van der Waals surface area contributed by atoms with Gasteiger partial charge in [0.1, 0.15) is 0 Å². The molecule has 1 saturated carbocycles. The van der Waals surface area contributed by atoms with Crippen LogP contribution in [0.5, 0.6) is 0 Å². The monoisotopic (exact) mass is 252 g/mol. The topological polar surface area (TPSA) is 61.4 Å². The van der Waals surface area contributed by atoms with Crippen LogP contribution in [0.4, 0.5) is 0 Å². The molecule has 15 heavy (non-hydrogen) atoms. The highest BCUT2D eigenvalue weighted by atomic mass is 35.5. The van der Waals surface area contributed by atoms with Gasteiger partial charge in [0.15, 0.2) is 0 Å². The number of carbonyl (C=O) groups excluding carboxylic acids is 1. The average molecular weight is 253 g/mol. The lowest BCUT2D eigenvalue weighted by molar-refractivity contribution is -0.122. The third-order valence-electron chi connectivity index (χ3n) is 2.96. The van der Waals surface area contributed by atoms with Gasteiger partial charge >= 0.3 is 0 Å². The fourth-order valence-corrected chi connectivity index (χ4v) is 2.47. The van der Waals surface area contributed by atoms with Crippen LogP contribution in [0.3, 0.4) is 0 Å². The van der Waals surface area contributed by atoms with Crippen molar-refractivity contribution in [2.75, 3.05) is 24.8 Å². The SMILES string of the molecule is Cl.O=C(NCC1(CO)CC1)[C@H]1CSCN1. The highest BCUT2D eigenvalue weighted by Gasteiger charge is 2.42. The molecule has 0 spiro atoms. The first kappa shape index (κ1) is 13.1. The maximum absolute atomic E-state index is 11.6. The van der Waals surface area contributed by atoms with Crippen LogP contribution in [0.2, 0.25) is 0 Å². The first-order chi connectivity index (χ1) is 6.76. The fourth-order valence-electron chi connectivity index (χ4n) is 1.53. The molecule has 3 N–H and O–H groups in total. The lowest BCUT2D eigenvalue weighted by atomic mass is 10.1. The highest BCUT2D eigenvalue weighted by molar-refractivity contribution is 7.99. The van der Waals surface area contributed by atoms with E-state index in [-0.39, 0.29) is 36.4 Å². The first-order valence-electron chi connectivity index (χ1n) is 4.95. The summed E-state index contributed by atoms with van der Waals surface area (Å²) in [5.41, 5.74) is 0.0153. The molecular weight excluding hydrogens is 236 g/mol. The Morgan fingerprint density at radius 3 is 2.80 bits per heavy atom. The van der Waals surface area contributed by atoms with Crippen molar-refractivity contribution in [3.63, 3.8) is 0 Å². The summed E-state index contributed by atoms with van der Waals surface area (Å²) in [5.74, 6) is 1.80. The molecule has 2 rings (SSSR count). The largest absolute Gasteiger partial charge is 0.396 e. The van der Waals surface area contributed by atoms with Crippen LogP contribution >= 0.6 is 24.2 Å². The molecule has 2 fully saturated rings. The minimum Gasteiger partial charge on any atom is -0.396 e. The number of halogens is 1. The van der Waals surface area contributed by atoms with E-state index in [2.05, 4.69) is 10.6 Å². The average Bonchev–Trinajstić information content (AvgIpc) is 2.78. The number of carbonyl (C=O) groups is 1. The van der Waals surface area contributed by atoms with Crippen molar-refractivity contribution in [3.05, 3.63) is 0 Å². The zero-order valence-corrected chi connectivity index (χ0v) is 10.1. The van der Waals surface area contributed by atoms with Crippen molar-refractivity contribution in [1.29, 1.82) is 0 Å². The Kier molecular flexibility index (Phi) is 4.70. The second-order valence-corrected chi connectivity index (χ2v) is 5.18. The summed E-state index contributed by atoms with van der Waals surface area (Å²) in [5, 5.41) is 15.1. The summed E-state index contributed by atoms with van der Waals surface area (Å²) < 4.78 is 0. The van der Waals surface area contributed by atoms with Gasteiger partial charge in [-0.15, -0.1) is 24.2 Å². The predicted octanol–water partition coefficient (Wildman–Crippen LogP) is -0.0406. The molecule has 2 aliphatic rings. The van der Waals surface area contributed by atoms with Crippen LogP contribution in [-0.2, 0) is 4.79 Å². The maximum Gasteiger partial charge on any atom is 0.238 e. The van der Waals surface area contributed by atoms with E-state index >= 15 is 0 Å². The van der Waals surface area contributed by atoms with Crippen molar-refractivity contribution in [2.45, 2.75) is 18.9 Å². The maximum atomic E-state index is 11.6. The van der Waals surface area contributed by atoms with Gasteiger partial charge in [-0.05, 0) is 12.8 Å². The molecule has 0 aromatic rings. The Morgan fingerprint density at radius 1 is 1.60 bits per heavy atom. The summed E-state index contributed by atoms with van der Waals surface area (Å²) in [4.78, 5) is 11.6. The van der Waals surface area contributed by atoms with Crippen molar-refractivity contribution in [1.82, 2.24) is 10.6 Å². The Morgan fingerprint density at radius 2 is 2.33 bits per heavy atom. The van der Waals surface area contributed by atoms with E-state index in [4.69, 9.17) is 5.11 Å². The molecule has 1 atom stereocenters. The second-order valence-electron chi connectivity index (χ2n) is 4.15. The van der Waals surface area contributed by atoms with Crippen LogP contribution in [-0.4, -0.2) is 41.8 Å². The van der Waals surface area contributed by atoms with Crippen molar-refractivity contribution in [3.8, 4) is 0 Å². The molecule has 1 aliphatic heterocycles. The van der Waals surface area contributed by atoms with E-state index in [1.807, 2.05) is 0 Å². The van der Waals surface area contributed by atoms with Crippen molar-refractivity contribution < 1.29 is 9.90 Å². The van der Waals surface area contributed by atoms with Gasteiger partial charge in [-0.3, -0.25) is 10.1 Å². The summed E-state index contributed by atoms with van der Waals surface area (Å²) in [6, 6.07) is -0.0329. The summed E-state index contributed by atoms with van der Waals surface area (Å²) in [6.45, 7) is 0.825. The van der Waals surface area contributed by atoms with Crippen molar-refractivity contribution >= 4 is 30.1 Å². The van der Waals surface area contributed by atoms with Crippen LogP contribution in [0.25, 0.3) is 0 Å². The molecule has 1 saturated heterocycles. The third-order valence-corrected chi connectivity index (χ3v) is 3.90. The molecule has 0 bridgehead atoms. The number of hydrogen-bond donors (Lipinski definition) is 3. The number of amides is 1. The van der Waals surface area contributed by atoms with Gasteiger partial charge in [0, 0.05) is 23.6 Å². The molecule has 0 radical (unpaired) electrons. The van der Waals surface area contributed by atoms with Gasteiger partial charge in [-0.25, -0.2) is 0 Å². The molecular formula is C9H17ClN2O2S. The molecule has 88 valence electrons. The van der Waals surface area contributed by atoms with Crippen LogP contribution in [0, 0.1) is 5.41 Å². The number of aliphatic hydroxyl groups excluding tert-OH is 1. The lowest BCUT2D eigenvalue weighted by Gasteiger charge is -2.15. The Labute approximate surface area is 100.0 Å². The standard InChI is InChI=1S/C9H16N2O2S.ClH/c12-5-9(1-2-9)4-10-8(13)7-3-14-6-11-7;/h7,11-12H,1-6H2,(H,10,13);1H/t7-;/m1./s1. The Hall–Kier alpha value is 0.0300. The predicted molar refractivity (Wildman–Crippen MR) is 63.3 cm³/mol. The van der Waals surface area contributed by atoms with Gasteiger partial charge in [-0.2, -0.15) is 0 Å². The Balaban J connectivity index is 0.00000112. The number of aliphatic hydroxyl groups is 1. The quantitative estimate of drug-likeness (QED) is 0.657. The first-order valence-corrected chi connectivity index (χ1v) is 6.11. The number of thioether (sulfide) groups is 1. The molecule has 0 aromatic heterocycles. The highest BCUT2D eigenvalue weighted by Crippen LogP contribution is 2.44. The number of hydrogen-bond acceptors (Lipinski definition) is 4. The zero-order valence-electron chi connectivity index (χ0n) is 8.49. The van der Waals surface area contributed by atoms with E-state index in [9.17, 15) is 4.79 Å². The fraction of sp³-hybridized carbons (Fsp3) is 0.889. The smallest absolute Gasteiger partial charge is 0.238 e. The minimum atomic E-state index is -0.0329. The van der Waals surface area contributed by atoms with E-state index in [0.717, 1.165) is 24.5 Å². The summed E-state index contributed by atoms with van der Waals surface area (Å²) in [7, 11) is 0. The molecule has 1 heterocycles. The van der Waals surface area contributed by atoms with Crippen molar-refractivity contribution in [2.24, 2.45) is 5.41 Å². The summed E-state index contributed by atoms with van der Waals surface area (Å²) >= 11 is 1.74. The normalized spacial score (nSPS) is 26.9. The summed E-state index contributed by atoms with van der Waals surface area (Å²) in [6.07, 6.45) is 2.08. The van der Waals surface area contributed by atoms with E-state index < -0.39 is 0 Å². The van der Waals surface area contributed by atoms with Crippen LogP contribution in [0.1, 0.15) is 12.8 Å². The van der Waals surface area contributed by atoms with Crippen LogP contribution in [0.15, 0.2) is 0 Å². The second kappa shape index (κ2) is 5.39. The van der Waals surface area contributed by atoms with Gasteiger partial charge in [0.05, 0.1) is 12.6 Å². The van der Waals surface area contributed by atoms with Crippen LogP contribution < -0.4 is 10.6 Å². The molecule has 0 unspecified atom stereocenters. The lowest BCUT2D eigenvalue weighted by Crippen LogP contribution is -2.44. The molecule has 6 heteroatoms. The van der Waals surface area contributed by atoms with Gasteiger partial charge < -0.3 is 10.4 Å². The Bertz CT molecular complexity index is 230. The molecule has 1 amide bonds. The molecule has 0 aromatic carbocycles. The molecule has 1 aliphatic carbocycles. The number of nitrogens with one attached hydrogen (secondary N) is 2. The number of rotatable bonds is 4. The van der Waals surface area contributed by atoms with E-state index in [1.54, 1.807) is 11.8 Å².